The Labute approximate surface area is 259 Å². The zero-order valence-electron chi connectivity index (χ0n) is 25.2. The third kappa shape index (κ3) is 6.75. The summed E-state index contributed by atoms with van der Waals surface area (Å²) in [7, 11) is -1.87. The van der Waals surface area contributed by atoms with Gasteiger partial charge in [-0.2, -0.15) is 9.57 Å². The zero-order valence-corrected chi connectivity index (χ0v) is 26.0. The number of rotatable bonds is 8. The van der Waals surface area contributed by atoms with Gasteiger partial charge in [-0.15, -0.1) is 0 Å². The molecule has 0 radical (unpaired) electrons. The first-order valence-electron chi connectivity index (χ1n) is 14.6. The van der Waals surface area contributed by atoms with Crippen LogP contribution in [-0.2, 0) is 10.0 Å². The van der Waals surface area contributed by atoms with Crippen molar-refractivity contribution in [3.8, 4) is 28.3 Å². The maximum atomic E-state index is 13.4. The van der Waals surface area contributed by atoms with E-state index < -0.39 is 15.6 Å². The van der Waals surface area contributed by atoms with Crippen LogP contribution in [-0.4, -0.2) is 44.3 Å². The smallest absolute Gasteiger partial charge is 0.252 e. The highest BCUT2D eigenvalue weighted by atomic mass is 32.2. The fraction of sp³-hybridized carbons (Fsp3) is 0.222. The van der Waals surface area contributed by atoms with Gasteiger partial charge in [0.2, 0.25) is 10.0 Å². The quantitative estimate of drug-likeness (QED) is 0.231. The van der Waals surface area contributed by atoms with E-state index in [0.29, 0.717) is 5.56 Å². The summed E-state index contributed by atoms with van der Waals surface area (Å²) in [6, 6.07) is 31.8. The molecule has 224 valence electrons. The first kappa shape index (κ1) is 30.7. The van der Waals surface area contributed by atoms with Gasteiger partial charge in [0.05, 0.1) is 6.07 Å². The predicted molar refractivity (Wildman–Crippen MR) is 177 cm³/mol. The van der Waals surface area contributed by atoms with Crippen LogP contribution in [0.1, 0.15) is 39.9 Å². The summed E-state index contributed by atoms with van der Waals surface area (Å²) in [4.78, 5) is 13.4. The Hall–Kier alpha value is -4.71. The van der Waals surface area contributed by atoms with E-state index in [4.69, 9.17) is 0 Å². The number of nitrogens with zero attached hydrogens (tertiary/aromatic N) is 2. The number of hydrogen-bond donors (Lipinski definition) is 2. The van der Waals surface area contributed by atoms with Crippen molar-refractivity contribution >= 4 is 27.7 Å². The van der Waals surface area contributed by atoms with Crippen LogP contribution < -0.4 is 10.6 Å². The molecule has 8 heteroatoms. The summed E-state index contributed by atoms with van der Waals surface area (Å²) in [6.07, 6.45) is 2.02. The fourth-order valence-electron chi connectivity index (χ4n) is 5.65. The molecule has 0 aliphatic carbocycles. The number of hydrogen-bond acceptors (Lipinski definition) is 5. The van der Waals surface area contributed by atoms with Gasteiger partial charge < -0.3 is 10.6 Å². The fourth-order valence-corrected chi connectivity index (χ4v) is 6.82. The van der Waals surface area contributed by atoms with Gasteiger partial charge in [-0.05, 0) is 102 Å². The van der Waals surface area contributed by atoms with E-state index in [0.717, 1.165) is 44.6 Å². The van der Waals surface area contributed by atoms with E-state index in [1.807, 2.05) is 81.6 Å². The number of benzene rings is 4. The Balaban J connectivity index is 1.27. The topological polar surface area (TPSA) is 102 Å². The average molecular weight is 605 g/mol. The van der Waals surface area contributed by atoms with Gasteiger partial charge in [0.1, 0.15) is 5.54 Å². The molecule has 4 aromatic carbocycles. The molecule has 0 saturated carbocycles. The molecule has 0 bridgehead atoms. The number of amides is 1. The minimum atomic E-state index is -3.71. The summed E-state index contributed by atoms with van der Waals surface area (Å²) < 4.78 is 27.8. The minimum Gasteiger partial charge on any atom is -0.388 e. The summed E-state index contributed by atoms with van der Waals surface area (Å²) >= 11 is 0. The Kier molecular flexibility index (Phi) is 9.00. The Morgan fingerprint density at radius 2 is 1.41 bits per heavy atom. The minimum absolute atomic E-state index is 0.128. The Bertz CT molecular complexity index is 1830. The summed E-state index contributed by atoms with van der Waals surface area (Å²) in [5, 5.41) is 17.4. The number of carbonyl (C=O) groups excluding carboxylic acids is 1. The molecular weight excluding hydrogens is 568 g/mol. The lowest BCUT2D eigenvalue weighted by Crippen LogP contribution is -2.55. The number of piperidine rings is 1. The second kappa shape index (κ2) is 12.9. The molecule has 44 heavy (non-hydrogen) atoms. The molecule has 1 amide bonds. The highest BCUT2D eigenvalue weighted by Gasteiger charge is 2.39. The molecule has 7 nitrogen and oxygen atoms in total. The summed E-state index contributed by atoms with van der Waals surface area (Å²) in [5.74, 6) is -0.361. The van der Waals surface area contributed by atoms with E-state index in [-0.39, 0.29) is 31.8 Å². The standard InChI is InChI=1S/C36H36N4O3S/c1-26-21-33(38-3)22-27(2)34(26)15-20-44(42,43)40-18-16-36(25-37,17-19-40)39-35(41)32-14-8-13-31(24-32)30-12-7-11-29(23-30)28-9-5-4-6-10-28/h4-15,20-24,38H,16-19H2,1-3H3,(H,39,41)/b20-15+. The van der Waals surface area contributed by atoms with Gasteiger partial charge in [-0.3, -0.25) is 4.79 Å². The maximum absolute atomic E-state index is 13.4. The van der Waals surface area contributed by atoms with Crippen molar-refractivity contribution in [3.63, 3.8) is 0 Å². The van der Waals surface area contributed by atoms with Crippen molar-refractivity contribution < 1.29 is 13.2 Å². The maximum Gasteiger partial charge on any atom is 0.252 e. The zero-order chi connectivity index (χ0) is 31.3. The van der Waals surface area contributed by atoms with Gasteiger partial charge in [0.15, 0.2) is 0 Å². The normalized spacial score (nSPS) is 15.0. The summed E-state index contributed by atoms with van der Waals surface area (Å²) in [5.41, 5.74) is 7.10. The van der Waals surface area contributed by atoms with E-state index in [9.17, 15) is 18.5 Å². The number of carbonyl (C=O) groups is 1. The molecule has 1 saturated heterocycles. The van der Waals surface area contributed by atoms with Gasteiger partial charge in [0.25, 0.3) is 5.91 Å². The molecule has 5 rings (SSSR count). The van der Waals surface area contributed by atoms with Crippen LogP contribution in [0.2, 0.25) is 0 Å². The Morgan fingerprint density at radius 3 is 2.02 bits per heavy atom. The molecule has 0 spiro atoms. The molecule has 2 N–H and O–H groups in total. The molecule has 4 aromatic rings. The van der Waals surface area contributed by atoms with Crippen molar-refractivity contribution in [2.75, 3.05) is 25.5 Å². The monoisotopic (exact) mass is 604 g/mol. The van der Waals surface area contributed by atoms with E-state index in [1.165, 1.54) is 9.71 Å². The van der Waals surface area contributed by atoms with Crippen molar-refractivity contribution in [3.05, 3.63) is 119 Å². The molecule has 0 atom stereocenters. The van der Waals surface area contributed by atoms with Crippen LogP contribution in [0.25, 0.3) is 28.3 Å². The lowest BCUT2D eigenvalue weighted by Gasteiger charge is -2.36. The lowest BCUT2D eigenvalue weighted by atomic mass is 9.89. The van der Waals surface area contributed by atoms with Crippen LogP contribution in [0, 0.1) is 25.2 Å². The van der Waals surface area contributed by atoms with Crippen LogP contribution in [0.4, 0.5) is 5.69 Å². The summed E-state index contributed by atoms with van der Waals surface area (Å²) in [6.45, 7) is 4.15. The second-order valence-electron chi connectivity index (χ2n) is 11.2. The molecule has 0 unspecified atom stereocenters. The molecule has 1 aliphatic heterocycles. The van der Waals surface area contributed by atoms with E-state index in [1.54, 1.807) is 12.1 Å². The highest BCUT2D eigenvalue weighted by Crippen LogP contribution is 2.29. The number of aryl methyl sites for hydroxylation is 2. The number of anilines is 1. The van der Waals surface area contributed by atoms with Gasteiger partial charge >= 0.3 is 0 Å². The average Bonchev–Trinajstić information content (AvgIpc) is 3.05. The van der Waals surface area contributed by atoms with Crippen molar-refractivity contribution in [1.82, 2.24) is 9.62 Å². The Morgan fingerprint density at radius 1 is 0.841 bits per heavy atom. The van der Waals surface area contributed by atoms with Gasteiger partial charge in [0, 0.05) is 36.8 Å². The van der Waals surface area contributed by atoms with Crippen molar-refractivity contribution in [2.45, 2.75) is 32.2 Å². The molecule has 0 aromatic heterocycles. The van der Waals surface area contributed by atoms with Gasteiger partial charge in [-0.25, -0.2) is 8.42 Å². The largest absolute Gasteiger partial charge is 0.388 e. The first-order chi connectivity index (χ1) is 21.1. The third-order valence-corrected chi connectivity index (χ3v) is 9.78. The second-order valence-corrected chi connectivity index (χ2v) is 13.0. The molecule has 1 aliphatic rings. The number of nitrogens with one attached hydrogen (secondary N) is 2. The predicted octanol–water partition coefficient (Wildman–Crippen LogP) is 6.77. The van der Waals surface area contributed by atoms with Crippen LogP contribution in [0.3, 0.4) is 0 Å². The van der Waals surface area contributed by atoms with Crippen LogP contribution in [0.15, 0.2) is 96.4 Å². The number of sulfonamides is 1. The van der Waals surface area contributed by atoms with Crippen LogP contribution >= 0.6 is 0 Å². The lowest BCUT2D eigenvalue weighted by molar-refractivity contribution is 0.0895. The van der Waals surface area contributed by atoms with Crippen LogP contribution in [0.5, 0.6) is 0 Å². The molecular formula is C36H36N4O3S. The molecule has 1 heterocycles. The van der Waals surface area contributed by atoms with Crippen molar-refractivity contribution in [1.29, 1.82) is 5.26 Å². The third-order valence-electron chi connectivity index (χ3n) is 8.22. The molecule has 1 fully saturated rings. The number of nitriles is 1. The van der Waals surface area contributed by atoms with Crippen molar-refractivity contribution in [2.24, 2.45) is 0 Å². The van der Waals surface area contributed by atoms with Gasteiger partial charge in [-0.1, -0.05) is 60.7 Å². The van der Waals surface area contributed by atoms with E-state index >= 15 is 0 Å². The first-order valence-corrected chi connectivity index (χ1v) is 16.1. The van der Waals surface area contributed by atoms with E-state index in [2.05, 4.69) is 41.0 Å². The SMILES string of the molecule is CNc1cc(C)c(/C=C/S(=O)(=O)N2CCC(C#N)(NC(=O)c3cccc(-c4cccc(-c5ccccc5)c4)c3)CC2)c(C)c1. The highest BCUT2D eigenvalue weighted by molar-refractivity contribution is 7.92.